The van der Waals surface area contributed by atoms with Crippen molar-refractivity contribution in [3.63, 3.8) is 0 Å². The number of nitrogens with one attached hydrogen (secondary N) is 2. The van der Waals surface area contributed by atoms with E-state index in [-0.39, 0.29) is 17.7 Å². The molecule has 23 heavy (non-hydrogen) atoms. The Labute approximate surface area is 136 Å². The predicted octanol–water partition coefficient (Wildman–Crippen LogP) is 1.47. The molecule has 128 valence electrons. The Morgan fingerprint density at radius 1 is 1.39 bits per heavy atom. The molecule has 2 unspecified atom stereocenters. The number of nitrogens with zero attached hydrogens (tertiary/aromatic N) is 1. The zero-order chi connectivity index (χ0) is 16.3. The van der Waals surface area contributed by atoms with Crippen LogP contribution in [-0.2, 0) is 15.9 Å². The fraction of sp³-hybridized carbons (Fsp3) is 0.750. The van der Waals surface area contributed by atoms with Crippen LogP contribution in [0.3, 0.4) is 0 Å². The summed E-state index contributed by atoms with van der Waals surface area (Å²) in [4.78, 5) is 12.1. The van der Waals surface area contributed by atoms with E-state index >= 15 is 0 Å². The smallest absolute Gasteiger partial charge is 0.315 e. The number of aromatic nitrogens is 1. The number of rotatable bonds is 4. The number of hydrogen-bond donors (Lipinski definition) is 2. The lowest BCUT2D eigenvalue weighted by molar-refractivity contribution is -0.0878. The molecule has 2 atom stereocenters. The van der Waals surface area contributed by atoms with E-state index in [9.17, 15) is 4.79 Å². The van der Waals surface area contributed by atoms with Crippen LogP contribution in [0.4, 0.5) is 4.79 Å². The quantitative estimate of drug-likeness (QED) is 0.876. The first-order chi connectivity index (χ1) is 11.1. The zero-order valence-corrected chi connectivity index (χ0v) is 13.8. The van der Waals surface area contributed by atoms with Gasteiger partial charge in [-0.3, -0.25) is 0 Å². The Bertz CT molecular complexity index is 532. The van der Waals surface area contributed by atoms with Crippen LogP contribution in [0.5, 0.6) is 0 Å². The third kappa shape index (κ3) is 3.84. The summed E-state index contributed by atoms with van der Waals surface area (Å²) in [6.45, 7) is 6.42. The molecule has 2 N–H and O–H groups in total. The van der Waals surface area contributed by atoms with Gasteiger partial charge < -0.3 is 24.6 Å². The van der Waals surface area contributed by atoms with Crippen molar-refractivity contribution in [3.8, 4) is 0 Å². The van der Waals surface area contributed by atoms with Gasteiger partial charge >= 0.3 is 6.03 Å². The molecule has 7 nitrogen and oxygen atoms in total. The van der Waals surface area contributed by atoms with Gasteiger partial charge in [0.1, 0.15) is 5.76 Å². The van der Waals surface area contributed by atoms with E-state index in [0.717, 1.165) is 49.3 Å². The van der Waals surface area contributed by atoms with E-state index in [2.05, 4.69) is 15.8 Å². The van der Waals surface area contributed by atoms with Gasteiger partial charge in [0.25, 0.3) is 0 Å². The fourth-order valence-electron chi connectivity index (χ4n) is 3.41. The number of urea groups is 1. The van der Waals surface area contributed by atoms with Crippen molar-refractivity contribution in [1.82, 2.24) is 15.8 Å². The minimum Gasteiger partial charge on any atom is -0.378 e. The Morgan fingerprint density at radius 2 is 2.26 bits per heavy atom. The SMILES string of the molecule is Cc1noc(C)c1CCNC(=O)NC1CCOC2(CCOC2)C1. The Kier molecular flexibility index (Phi) is 4.87. The molecule has 2 amide bonds. The second-order valence-corrected chi connectivity index (χ2v) is 6.48. The number of hydrogen-bond acceptors (Lipinski definition) is 5. The molecule has 0 bridgehead atoms. The molecule has 2 aliphatic heterocycles. The normalized spacial score (nSPS) is 27.3. The molecule has 0 aromatic carbocycles. The largest absolute Gasteiger partial charge is 0.378 e. The van der Waals surface area contributed by atoms with E-state index in [0.29, 0.717) is 19.8 Å². The average Bonchev–Trinajstić information content (AvgIpc) is 3.08. The first kappa shape index (κ1) is 16.3. The summed E-state index contributed by atoms with van der Waals surface area (Å²) in [6, 6.07) is 0.0160. The first-order valence-electron chi connectivity index (χ1n) is 8.26. The molecule has 0 radical (unpaired) electrons. The van der Waals surface area contributed by atoms with Crippen LogP contribution in [0.2, 0.25) is 0 Å². The highest BCUT2D eigenvalue weighted by Gasteiger charge is 2.41. The van der Waals surface area contributed by atoms with Gasteiger partial charge in [-0.1, -0.05) is 5.16 Å². The van der Waals surface area contributed by atoms with E-state index in [1.54, 1.807) is 0 Å². The minimum absolute atomic E-state index is 0.127. The zero-order valence-electron chi connectivity index (χ0n) is 13.8. The van der Waals surface area contributed by atoms with Crippen molar-refractivity contribution in [2.45, 2.75) is 51.2 Å². The molecule has 2 aliphatic rings. The maximum Gasteiger partial charge on any atom is 0.315 e. The standard InChI is InChI=1S/C16H25N3O4/c1-11-14(12(2)23-19-11)3-6-17-15(20)18-13-4-7-22-16(9-13)5-8-21-10-16/h13H,3-10H2,1-2H3,(H2,17,18,20). The molecule has 0 saturated carbocycles. The number of carbonyl (C=O) groups is 1. The lowest BCUT2D eigenvalue weighted by Crippen LogP contribution is -2.51. The molecule has 3 heterocycles. The third-order valence-electron chi connectivity index (χ3n) is 4.74. The van der Waals surface area contributed by atoms with Crippen molar-refractivity contribution >= 4 is 6.03 Å². The fourth-order valence-corrected chi connectivity index (χ4v) is 3.41. The predicted molar refractivity (Wildman–Crippen MR) is 83.4 cm³/mol. The first-order valence-corrected chi connectivity index (χ1v) is 8.26. The van der Waals surface area contributed by atoms with Crippen LogP contribution < -0.4 is 10.6 Å². The number of carbonyl (C=O) groups excluding carboxylic acids is 1. The van der Waals surface area contributed by atoms with Crippen molar-refractivity contribution in [2.24, 2.45) is 0 Å². The van der Waals surface area contributed by atoms with Crippen molar-refractivity contribution in [2.75, 3.05) is 26.4 Å². The molecule has 1 aromatic heterocycles. The molecule has 1 aromatic rings. The molecule has 2 fully saturated rings. The van der Waals surface area contributed by atoms with Gasteiger partial charge in [-0.15, -0.1) is 0 Å². The maximum atomic E-state index is 12.1. The average molecular weight is 323 g/mol. The Morgan fingerprint density at radius 3 is 2.96 bits per heavy atom. The maximum absolute atomic E-state index is 12.1. The highest BCUT2D eigenvalue weighted by molar-refractivity contribution is 5.74. The van der Waals surface area contributed by atoms with Crippen molar-refractivity contribution in [1.29, 1.82) is 0 Å². The number of amides is 2. The molecular formula is C16H25N3O4. The molecule has 1 spiro atoms. The number of aryl methyl sites for hydroxylation is 2. The second kappa shape index (κ2) is 6.88. The monoisotopic (exact) mass is 323 g/mol. The lowest BCUT2D eigenvalue weighted by Gasteiger charge is -2.37. The van der Waals surface area contributed by atoms with Gasteiger partial charge in [-0.2, -0.15) is 0 Å². The molecule has 3 rings (SSSR count). The molecular weight excluding hydrogens is 298 g/mol. The second-order valence-electron chi connectivity index (χ2n) is 6.48. The van der Waals surface area contributed by atoms with Crippen LogP contribution >= 0.6 is 0 Å². The topological polar surface area (TPSA) is 85.6 Å². The molecule has 2 saturated heterocycles. The summed E-state index contributed by atoms with van der Waals surface area (Å²) in [5.74, 6) is 0.817. The van der Waals surface area contributed by atoms with Gasteiger partial charge in [-0.25, -0.2) is 4.79 Å². The lowest BCUT2D eigenvalue weighted by atomic mass is 9.90. The Hall–Kier alpha value is -1.60. The van der Waals surface area contributed by atoms with Gasteiger partial charge in [0.05, 0.1) is 17.9 Å². The van der Waals surface area contributed by atoms with Crippen LogP contribution in [-0.4, -0.2) is 49.2 Å². The summed E-state index contributed by atoms with van der Waals surface area (Å²) in [5.41, 5.74) is 1.77. The van der Waals surface area contributed by atoms with Gasteiger partial charge in [0.2, 0.25) is 0 Å². The van der Waals surface area contributed by atoms with E-state index in [1.165, 1.54) is 0 Å². The summed E-state index contributed by atoms with van der Waals surface area (Å²) in [7, 11) is 0. The molecule has 7 heteroatoms. The van der Waals surface area contributed by atoms with Crippen LogP contribution in [0, 0.1) is 13.8 Å². The van der Waals surface area contributed by atoms with Crippen LogP contribution in [0.15, 0.2) is 4.52 Å². The minimum atomic E-state index is -0.188. The highest BCUT2D eigenvalue weighted by atomic mass is 16.6. The van der Waals surface area contributed by atoms with Crippen molar-refractivity contribution in [3.05, 3.63) is 17.0 Å². The van der Waals surface area contributed by atoms with Crippen LogP contribution in [0.1, 0.15) is 36.3 Å². The van der Waals surface area contributed by atoms with E-state index < -0.39 is 0 Å². The van der Waals surface area contributed by atoms with Gasteiger partial charge in [0, 0.05) is 37.8 Å². The Balaban J connectivity index is 1.42. The van der Waals surface area contributed by atoms with Gasteiger partial charge in [-0.05, 0) is 33.1 Å². The third-order valence-corrected chi connectivity index (χ3v) is 4.74. The summed E-state index contributed by atoms with van der Waals surface area (Å²) in [6.07, 6.45) is 3.31. The van der Waals surface area contributed by atoms with Crippen LogP contribution in [0.25, 0.3) is 0 Å². The highest BCUT2D eigenvalue weighted by Crippen LogP contribution is 2.32. The summed E-state index contributed by atoms with van der Waals surface area (Å²) < 4.78 is 16.5. The van der Waals surface area contributed by atoms with Gasteiger partial charge in [0.15, 0.2) is 0 Å². The van der Waals surface area contributed by atoms with E-state index in [1.807, 2.05) is 13.8 Å². The molecule has 0 aliphatic carbocycles. The summed E-state index contributed by atoms with van der Waals surface area (Å²) in [5, 5.41) is 9.88. The number of ether oxygens (including phenoxy) is 2. The van der Waals surface area contributed by atoms with E-state index in [4.69, 9.17) is 14.0 Å². The van der Waals surface area contributed by atoms with Crippen molar-refractivity contribution < 1.29 is 18.8 Å². The summed E-state index contributed by atoms with van der Waals surface area (Å²) >= 11 is 0.